The van der Waals surface area contributed by atoms with E-state index in [1.807, 2.05) is 71.0 Å². The van der Waals surface area contributed by atoms with E-state index in [0.717, 1.165) is 34.4 Å². The fraction of sp³-hybridized carbons (Fsp3) is 0.241. The smallest absolute Gasteiger partial charge is 0.282 e. The van der Waals surface area contributed by atoms with Gasteiger partial charge in [-0.25, -0.2) is 4.90 Å². The minimum absolute atomic E-state index is 0.267. The minimum atomic E-state index is -0.398. The summed E-state index contributed by atoms with van der Waals surface area (Å²) < 4.78 is 5.87. The number of nitrogens with one attached hydrogen (secondary N) is 1. The van der Waals surface area contributed by atoms with E-state index in [9.17, 15) is 9.59 Å². The van der Waals surface area contributed by atoms with Crippen molar-refractivity contribution in [2.45, 2.75) is 41.0 Å². The summed E-state index contributed by atoms with van der Waals surface area (Å²) in [6, 6.07) is 19.0. The van der Waals surface area contributed by atoms with Gasteiger partial charge in [-0.3, -0.25) is 9.59 Å². The first-order chi connectivity index (χ1) is 16.3. The van der Waals surface area contributed by atoms with Crippen LogP contribution in [0.25, 0.3) is 5.57 Å². The van der Waals surface area contributed by atoms with Crippen LogP contribution in [0.1, 0.15) is 41.2 Å². The zero-order chi connectivity index (χ0) is 24.4. The molecule has 4 rings (SSSR count). The van der Waals surface area contributed by atoms with Crippen molar-refractivity contribution in [1.29, 1.82) is 0 Å². The molecule has 0 unspecified atom stereocenters. The number of hydrogen-bond donors (Lipinski definition) is 1. The predicted octanol–water partition coefficient (Wildman–Crippen LogP) is 6.11. The van der Waals surface area contributed by atoms with Crippen LogP contribution in [0.2, 0.25) is 0 Å². The SMILES string of the molecule is CCCOc1ccccc1N1C(=O)C(Nc2cc(C)cc(C)c2)=C(c2ccc(C)c(C)c2)C1=O. The van der Waals surface area contributed by atoms with Crippen LogP contribution in [-0.2, 0) is 9.59 Å². The fourth-order valence-electron chi connectivity index (χ4n) is 4.20. The van der Waals surface area contributed by atoms with E-state index in [-0.39, 0.29) is 11.6 Å². The van der Waals surface area contributed by atoms with Gasteiger partial charge >= 0.3 is 0 Å². The maximum Gasteiger partial charge on any atom is 0.282 e. The second-order valence-corrected chi connectivity index (χ2v) is 8.81. The number of amides is 2. The molecule has 0 radical (unpaired) electrons. The third kappa shape index (κ3) is 4.46. The van der Waals surface area contributed by atoms with Crippen LogP contribution in [0, 0.1) is 27.7 Å². The van der Waals surface area contributed by atoms with Gasteiger partial charge in [-0.15, -0.1) is 0 Å². The Balaban J connectivity index is 1.85. The summed E-state index contributed by atoms with van der Waals surface area (Å²) in [6.07, 6.45) is 0.821. The molecule has 0 saturated carbocycles. The first kappa shape index (κ1) is 23.3. The Morgan fingerprint density at radius 3 is 2.21 bits per heavy atom. The number of nitrogens with zero attached hydrogens (tertiary/aromatic N) is 1. The van der Waals surface area contributed by atoms with E-state index in [1.54, 1.807) is 18.2 Å². The molecular formula is C29H30N2O3. The Morgan fingerprint density at radius 2 is 1.53 bits per heavy atom. The lowest BCUT2D eigenvalue weighted by atomic mass is 9.99. The molecule has 34 heavy (non-hydrogen) atoms. The van der Waals surface area contributed by atoms with E-state index in [1.165, 1.54) is 4.90 Å². The molecule has 1 aliphatic rings. The summed E-state index contributed by atoms with van der Waals surface area (Å²) in [6.45, 7) is 10.6. The van der Waals surface area contributed by atoms with Crippen LogP contribution in [0.4, 0.5) is 11.4 Å². The van der Waals surface area contributed by atoms with Gasteiger partial charge in [0.05, 0.1) is 17.9 Å². The summed E-state index contributed by atoms with van der Waals surface area (Å²) in [7, 11) is 0. The Hall–Kier alpha value is -3.86. The Kier molecular flexibility index (Phi) is 6.55. The van der Waals surface area contributed by atoms with Crippen molar-refractivity contribution in [1.82, 2.24) is 0 Å². The Morgan fingerprint density at radius 1 is 0.824 bits per heavy atom. The highest BCUT2D eigenvalue weighted by Gasteiger charge is 2.41. The molecule has 0 saturated heterocycles. The number of anilines is 2. The number of benzene rings is 3. The Bertz CT molecular complexity index is 1290. The van der Waals surface area contributed by atoms with Gasteiger partial charge in [0.1, 0.15) is 11.4 Å². The number of rotatable bonds is 7. The normalized spacial score (nSPS) is 13.6. The van der Waals surface area contributed by atoms with Crippen molar-refractivity contribution in [2.24, 2.45) is 0 Å². The van der Waals surface area contributed by atoms with Crippen molar-refractivity contribution in [2.75, 3.05) is 16.8 Å². The predicted molar refractivity (Wildman–Crippen MR) is 137 cm³/mol. The molecule has 3 aromatic carbocycles. The monoisotopic (exact) mass is 454 g/mol. The standard InChI is InChI=1S/C29H30N2O3/c1-6-13-34-25-10-8-7-9-24(25)31-28(32)26(22-12-11-20(4)21(5)17-22)27(29(31)33)30-23-15-18(2)14-19(3)16-23/h7-12,14-17,30H,6,13H2,1-5H3. The van der Waals surface area contributed by atoms with Crippen LogP contribution in [0.3, 0.4) is 0 Å². The maximum absolute atomic E-state index is 13.8. The van der Waals surface area contributed by atoms with Crippen molar-refractivity contribution in [3.05, 3.63) is 94.2 Å². The van der Waals surface area contributed by atoms with Crippen LogP contribution >= 0.6 is 0 Å². The zero-order valence-electron chi connectivity index (χ0n) is 20.4. The van der Waals surface area contributed by atoms with E-state index < -0.39 is 5.91 Å². The van der Waals surface area contributed by atoms with Crippen molar-refractivity contribution < 1.29 is 14.3 Å². The van der Waals surface area contributed by atoms with E-state index in [0.29, 0.717) is 29.2 Å². The third-order valence-corrected chi connectivity index (χ3v) is 5.94. The highest BCUT2D eigenvalue weighted by molar-refractivity contribution is 6.46. The first-order valence-corrected chi connectivity index (χ1v) is 11.6. The van der Waals surface area contributed by atoms with Gasteiger partial charge in [0.2, 0.25) is 0 Å². The number of ether oxygens (including phenoxy) is 1. The van der Waals surface area contributed by atoms with Crippen molar-refractivity contribution in [3.8, 4) is 5.75 Å². The van der Waals surface area contributed by atoms with Gasteiger partial charge in [0.15, 0.2) is 0 Å². The highest BCUT2D eigenvalue weighted by atomic mass is 16.5. The molecule has 1 aliphatic heterocycles. The largest absolute Gasteiger partial charge is 0.491 e. The van der Waals surface area contributed by atoms with Gasteiger partial charge in [-0.05, 0) is 86.2 Å². The first-order valence-electron chi connectivity index (χ1n) is 11.6. The highest BCUT2D eigenvalue weighted by Crippen LogP contribution is 2.38. The molecule has 1 heterocycles. The Labute approximate surface area is 201 Å². The van der Waals surface area contributed by atoms with E-state index in [4.69, 9.17) is 4.74 Å². The molecule has 0 spiro atoms. The molecule has 5 nitrogen and oxygen atoms in total. The fourth-order valence-corrected chi connectivity index (χ4v) is 4.20. The van der Waals surface area contributed by atoms with Gasteiger partial charge in [0, 0.05) is 5.69 Å². The number of carbonyl (C=O) groups is 2. The minimum Gasteiger partial charge on any atom is -0.491 e. The molecule has 0 aliphatic carbocycles. The number of aryl methyl sites for hydroxylation is 4. The van der Waals surface area contributed by atoms with Gasteiger partial charge in [0.25, 0.3) is 11.8 Å². The molecule has 2 amide bonds. The second-order valence-electron chi connectivity index (χ2n) is 8.81. The lowest BCUT2D eigenvalue weighted by Crippen LogP contribution is -2.32. The summed E-state index contributed by atoms with van der Waals surface area (Å²) in [5.41, 5.74) is 6.88. The van der Waals surface area contributed by atoms with Gasteiger partial charge < -0.3 is 10.1 Å². The summed E-state index contributed by atoms with van der Waals surface area (Å²) in [5, 5.41) is 3.27. The van der Waals surface area contributed by atoms with Gasteiger partial charge in [-0.2, -0.15) is 0 Å². The van der Waals surface area contributed by atoms with Crippen LogP contribution < -0.4 is 15.0 Å². The molecule has 1 N–H and O–H groups in total. The average molecular weight is 455 g/mol. The molecule has 0 atom stereocenters. The maximum atomic E-state index is 13.8. The second kappa shape index (κ2) is 9.56. The topological polar surface area (TPSA) is 58.6 Å². The average Bonchev–Trinajstić information content (AvgIpc) is 3.03. The number of para-hydroxylation sites is 2. The van der Waals surface area contributed by atoms with Crippen molar-refractivity contribution in [3.63, 3.8) is 0 Å². The molecule has 3 aromatic rings. The summed E-state index contributed by atoms with van der Waals surface area (Å²) in [4.78, 5) is 28.8. The van der Waals surface area contributed by atoms with E-state index in [2.05, 4.69) is 11.4 Å². The van der Waals surface area contributed by atoms with Crippen LogP contribution in [0.15, 0.2) is 66.4 Å². The molecule has 0 aromatic heterocycles. The number of hydrogen-bond acceptors (Lipinski definition) is 4. The van der Waals surface area contributed by atoms with E-state index >= 15 is 0 Å². The quantitative estimate of drug-likeness (QED) is 0.438. The molecule has 0 fully saturated rings. The molecule has 174 valence electrons. The summed E-state index contributed by atoms with van der Waals surface area (Å²) in [5.74, 6) is -0.254. The van der Waals surface area contributed by atoms with Crippen molar-refractivity contribution >= 4 is 28.8 Å². The lowest BCUT2D eigenvalue weighted by Gasteiger charge is -2.19. The molecule has 5 heteroatoms. The number of imide groups is 1. The van der Waals surface area contributed by atoms with Crippen LogP contribution in [0.5, 0.6) is 5.75 Å². The molecule has 0 bridgehead atoms. The number of carbonyl (C=O) groups excluding carboxylic acids is 2. The molecular weight excluding hydrogens is 424 g/mol. The third-order valence-electron chi connectivity index (χ3n) is 5.94. The zero-order valence-corrected chi connectivity index (χ0v) is 20.4. The summed E-state index contributed by atoms with van der Waals surface area (Å²) >= 11 is 0. The van der Waals surface area contributed by atoms with Gasteiger partial charge in [-0.1, -0.05) is 43.3 Å². The lowest BCUT2D eigenvalue weighted by molar-refractivity contribution is -0.120. The van der Waals surface area contributed by atoms with Crippen LogP contribution in [-0.4, -0.2) is 18.4 Å².